The molecule has 102 valence electrons. The maximum absolute atomic E-state index is 13.9. The molecule has 0 aromatic heterocycles. The van der Waals surface area contributed by atoms with E-state index in [4.69, 9.17) is 0 Å². The van der Waals surface area contributed by atoms with Crippen molar-refractivity contribution in [1.29, 1.82) is 0 Å². The lowest BCUT2D eigenvalue weighted by Gasteiger charge is -2.30. The molecule has 0 fully saturated rings. The third kappa shape index (κ3) is 4.63. The SMILES string of the molecule is CCC(CC)N(CCBr)Cc1ccc(Br)cc1F. The van der Waals surface area contributed by atoms with E-state index < -0.39 is 0 Å². The van der Waals surface area contributed by atoms with Crippen molar-refractivity contribution in [2.45, 2.75) is 39.3 Å². The van der Waals surface area contributed by atoms with Gasteiger partial charge in [0.1, 0.15) is 5.82 Å². The van der Waals surface area contributed by atoms with Crippen LogP contribution in [0.5, 0.6) is 0 Å². The second-order valence-corrected chi connectivity index (χ2v) is 6.07. The molecule has 0 heterocycles. The van der Waals surface area contributed by atoms with E-state index in [1.165, 1.54) is 6.07 Å². The molecule has 0 saturated carbocycles. The van der Waals surface area contributed by atoms with Gasteiger partial charge in [-0.2, -0.15) is 0 Å². The van der Waals surface area contributed by atoms with Gasteiger partial charge in [0.15, 0.2) is 0 Å². The summed E-state index contributed by atoms with van der Waals surface area (Å²) >= 11 is 6.77. The third-order valence-electron chi connectivity index (χ3n) is 3.22. The van der Waals surface area contributed by atoms with Crippen LogP contribution in [0.1, 0.15) is 32.3 Å². The molecule has 0 aliphatic heterocycles. The quantitative estimate of drug-likeness (QED) is 0.603. The summed E-state index contributed by atoms with van der Waals surface area (Å²) in [6, 6.07) is 5.82. The lowest BCUT2D eigenvalue weighted by Crippen LogP contribution is -2.35. The van der Waals surface area contributed by atoms with Gasteiger partial charge in [0.05, 0.1) is 0 Å². The van der Waals surface area contributed by atoms with E-state index in [9.17, 15) is 4.39 Å². The highest BCUT2D eigenvalue weighted by molar-refractivity contribution is 9.10. The van der Waals surface area contributed by atoms with Gasteiger partial charge in [-0.1, -0.05) is 51.8 Å². The zero-order valence-corrected chi connectivity index (χ0v) is 14.1. The minimum Gasteiger partial charge on any atom is -0.295 e. The van der Waals surface area contributed by atoms with Crippen LogP contribution >= 0.6 is 31.9 Å². The second kappa shape index (κ2) is 8.28. The Kier molecular flexibility index (Phi) is 7.42. The van der Waals surface area contributed by atoms with Gasteiger partial charge in [0.25, 0.3) is 0 Å². The van der Waals surface area contributed by atoms with Gasteiger partial charge in [-0.3, -0.25) is 4.90 Å². The molecule has 1 rings (SSSR count). The Balaban J connectivity index is 2.82. The van der Waals surface area contributed by atoms with E-state index in [2.05, 4.69) is 50.6 Å². The fraction of sp³-hybridized carbons (Fsp3) is 0.571. The Hall–Kier alpha value is 0.0700. The van der Waals surface area contributed by atoms with E-state index >= 15 is 0 Å². The summed E-state index contributed by atoms with van der Waals surface area (Å²) in [6.07, 6.45) is 2.20. The predicted molar refractivity (Wildman–Crippen MR) is 82.7 cm³/mol. The van der Waals surface area contributed by atoms with Crippen molar-refractivity contribution >= 4 is 31.9 Å². The van der Waals surface area contributed by atoms with Crippen LogP contribution in [0.25, 0.3) is 0 Å². The molecule has 4 heteroatoms. The van der Waals surface area contributed by atoms with E-state index in [-0.39, 0.29) is 5.82 Å². The summed E-state index contributed by atoms with van der Waals surface area (Å²) in [5.41, 5.74) is 0.769. The summed E-state index contributed by atoms with van der Waals surface area (Å²) in [5, 5.41) is 0.918. The van der Waals surface area contributed by atoms with E-state index in [1.807, 2.05) is 12.1 Å². The van der Waals surface area contributed by atoms with Crippen molar-refractivity contribution in [2.24, 2.45) is 0 Å². The molecule has 0 amide bonds. The topological polar surface area (TPSA) is 3.24 Å². The Morgan fingerprint density at radius 2 is 1.94 bits per heavy atom. The van der Waals surface area contributed by atoms with Crippen molar-refractivity contribution < 1.29 is 4.39 Å². The number of hydrogen-bond acceptors (Lipinski definition) is 1. The highest BCUT2D eigenvalue weighted by atomic mass is 79.9. The maximum atomic E-state index is 13.9. The maximum Gasteiger partial charge on any atom is 0.128 e. The molecule has 0 N–H and O–H groups in total. The van der Waals surface area contributed by atoms with Crippen LogP contribution in [0, 0.1) is 5.82 Å². The Labute approximate surface area is 126 Å². The van der Waals surface area contributed by atoms with Crippen LogP contribution in [0.4, 0.5) is 4.39 Å². The van der Waals surface area contributed by atoms with Crippen molar-refractivity contribution in [1.82, 2.24) is 4.90 Å². The molecule has 0 atom stereocenters. The van der Waals surface area contributed by atoms with Crippen LogP contribution in [0.2, 0.25) is 0 Å². The minimum atomic E-state index is -0.130. The molecule has 0 unspecified atom stereocenters. The van der Waals surface area contributed by atoms with Crippen LogP contribution in [-0.2, 0) is 6.54 Å². The molecule has 1 aromatic carbocycles. The fourth-order valence-corrected chi connectivity index (χ4v) is 2.96. The van der Waals surface area contributed by atoms with Gasteiger partial charge in [0, 0.05) is 34.5 Å². The highest BCUT2D eigenvalue weighted by Gasteiger charge is 2.16. The largest absolute Gasteiger partial charge is 0.295 e. The monoisotopic (exact) mass is 379 g/mol. The van der Waals surface area contributed by atoms with Crippen molar-refractivity contribution in [3.63, 3.8) is 0 Å². The summed E-state index contributed by atoms with van der Waals surface area (Å²) in [4.78, 5) is 2.35. The average molecular weight is 381 g/mol. The Morgan fingerprint density at radius 3 is 2.44 bits per heavy atom. The number of hydrogen-bond donors (Lipinski definition) is 0. The van der Waals surface area contributed by atoms with Gasteiger partial charge >= 0.3 is 0 Å². The minimum absolute atomic E-state index is 0.130. The van der Waals surface area contributed by atoms with Crippen molar-refractivity contribution in [2.75, 3.05) is 11.9 Å². The first-order valence-electron chi connectivity index (χ1n) is 6.36. The molecular formula is C14H20Br2FN. The lowest BCUT2D eigenvalue weighted by molar-refractivity contribution is 0.187. The van der Waals surface area contributed by atoms with Gasteiger partial charge in [-0.05, 0) is 25.0 Å². The molecule has 1 nitrogen and oxygen atoms in total. The standard InChI is InChI=1S/C14H20Br2FN/c1-3-13(4-2)18(8-7-15)10-11-5-6-12(16)9-14(11)17/h5-6,9,13H,3-4,7-8,10H2,1-2H3. The zero-order chi connectivity index (χ0) is 13.5. The summed E-state index contributed by atoms with van der Waals surface area (Å²) in [6.45, 7) is 6.00. The van der Waals surface area contributed by atoms with Gasteiger partial charge in [-0.25, -0.2) is 4.39 Å². The first-order chi connectivity index (χ1) is 8.62. The predicted octanol–water partition coefficient (Wildman–Crippen LogP) is 4.97. The van der Waals surface area contributed by atoms with Crippen molar-refractivity contribution in [3.05, 3.63) is 34.1 Å². The third-order valence-corrected chi connectivity index (χ3v) is 4.07. The number of rotatable bonds is 7. The first-order valence-corrected chi connectivity index (χ1v) is 8.27. The van der Waals surface area contributed by atoms with Crippen LogP contribution < -0.4 is 0 Å². The average Bonchev–Trinajstić information content (AvgIpc) is 2.34. The van der Waals surface area contributed by atoms with E-state index in [0.29, 0.717) is 12.6 Å². The van der Waals surface area contributed by atoms with Crippen LogP contribution in [-0.4, -0.2) is 22.8 Å². The molecule has 0 aliphatic carbocycles. The second-order valence-electron chi connectivity index (χ2n) is 4.37. The molecular weight excluding hydrogens is 361 g/mol. The molecule has 18 heavy (non-hydrogen) atoms. The van der Waals surface area contributed by atoms with Crippen LogP contribution in [0.3, 0.4) is 0 Å². The number of benzene rings is 1. The molecule has 0 spiro atoms. The number of alkyl halides is 1. The fourth-order valence-electron chi connectivity index (χ4n) is 2.17. The van der Waals surface area contributed by atoms with Gasteiger partial charge < -0.3 is 0 Å². The molecule has 0 bridgehead atoms. The van der Waals surface area contributed by atoms with Crippen molar-refractivity contribution in [3.8, 4) is 0 Å². The molecule has 0 aliphatic rings. The molecule has 0 saturated heterocycles. The molecule has 0 radical (unpaired) electrons. The number of halogens is 3. The summed E-state index contributed by atoms with van der Waals surface area (Å²) in [5.74, 6) is -0.130. The van der Waals surface area contributed by atoms with Crippen LogP contribution in [0.15, 0.2) is 22.7 Å². The smallest absolute Gasteiger partial charge is 0.128 e. The van der Waals surface area contributed by atoms with Gasteiger partial charge in [0.2, 0.25) is 0 Å². The van der Waals surface area contributed by atoms with E-state index in [0.717, 1.165) is 34.8 Å². The van der Waals surface area contributed by atoms with Gasteiger partial charge in [-0.15, -0.1) is 0 Å². The number of nitrogens with zero attached hydrogens (tertiary/aromatic N) is 1. The Bertz CT molecular complexity index is 367. The normalized spacial score (nSPS) is 11.5. The zero-order valence-electron chi connectivity index (χ0n) is 10.9. The first kappa shape index (κ1) is 16.1. The molecule has 1 aromatic rings. The Morgan fingerprint density at radius 1 is 1.28 bits per heavy atom. The summed E-state index contributed by atoms with van der Waals surface area (Å²) in [7, 11) is 0. The van der Waals surface area contributed by atoms with E-state index in [1.54, 1.807) is 0 Å². The lowest BCUT2D eigenvalue weighted by atomic mass is 10.1. The highest BCUT2D eigenvalue weighted by Crippen LogP contribution is 2.19. The summed E-state index contributed by atoms with van der Waals surface area (Å²) < 4.78 is 14.6.